The molecule has 0 saturated heterocycles. The third-order valence-electron chi connectivity index (χ3n) is 4.82. The maximum absolute atomic E-state index is 11.4. The van der Waals surface area contributed by atoms with E-state index in [0.29, 0.717) is 6.54 Å². The van der Waals surface area contributed by atoms with Crippen LogP contribution in [0.15, 0.2) is 16.5 Å². The highest BCUT2D eigenvalue weighted by Gasteiger charge is 2.36. The van der Waals surface area contributed by atoms with Gasteiger partial charge in [-0.25, -0.2) is 4.79 Å². The molecular formula is C17H28N2O3. The molecule has 5 heteroatoms. The van der Waals surface area contributed by atoms with Crippen molar-refractivity contribution in [2.75, 3.05) is 27.7 Å². The van der Waals surface area contributed by atoms with Crippen LogP contribution in [0.1, 0.15) is 48.9 Å². The van der Waals surface area contributed by atoms with E-state index in [2.05, 4.69) is 36.0 Å². The van der Waals surface area contributed by atoms with E-state index in [1.807, 2.05) is 6.07 Å². The number of methoxy groups -OCH3 is 1. The molecule has 1 fully saturated rings. The minimum absolute atomic E-state index is 0.218. The fourth-order valence-electron chi connectivity index (χ4n) is 3.46. The average Bonchev–Trinajstić information content (AvgIpc) is 2.95. The van der Waals surface area contributed by atoms with E-state index in [9.17, 15) is 4.79 Å². The highest BCUT2D eigenvalue weighted by Crippen LogP contribution is 2.35. The lowest BCUT2D eigenvalue weighted by atomic mass is 9.75. The minimum atomic E-state index is -0.433. The highest BCUT2D eigenvalue weighted by atomic mass is 16.5. The smallest absolute Gasteiger partial charge is 0.373 e. The van der Waals surface area contributed by atoms with Gasteiger partial charge >= 0.3 is 5.97 Å². The van der Waals surface area contributed by atoms with E-state index >= 15 is 0 Å². The molecule has 1 saturated carbocycles. The fourth-order valence-corrected chi connectivity index (χ4v) is 3.46. The Hall–Kier alpha value is -1.33. The summed E-state index contributed by atoms with van der Waals surface area (Å²) in [6.45, 7) is 3.89. The predicted octanol–water partition coefficient (Wildman–Crippen LogP) is 2.67. The van der Waals surface area contributed by atoms with Crippen molar-refractivity contribution in [1.82, 2.24) is 10.2 Å². The van der Waals surface area contributed by atoms with Crippen LogP contribution in [0, 0.1) is 5.92 Å². The van der Waals surface area contributed by atoms with Crippen molar-refractivity contribution in [3.8, 4) is 0 Å². The number of nitrogens with one attached hydrogen (secondary N) is 1. The number of hydrogen-bond donors (Lipinski definition) is 1. The lowest BCUT2D eigenvalue weighted by Crippen LogP contribution is -2.54. The summed E-state index contributed by atoms with van der Waals surface area (Å²) in [6, 6.07) is 3.48. The Morgan fingerprint density at radius 1 is 1.50 bits per heavy atom. The molecule has 0 bridgehead atoms. The van der Waals surface area contributed by atoms with Gasteiger partial charge in [0, 0.05) is 12.1 Å². The zero-order valence-electron chi connectivity index (χ0n) is 14.1. The molecule has 2 atom stereocenters. The molecule has 1 aromatic rings. The summed E-state index contributed by atoms with van der Waals surface area (Å²) >= 11 is 0. The van der Waals surface area contributed by atoms with Crippen molar-refractivity contribution in [2.45, 2.75) is 44.7 Å². The van der Waals surface area contributed by atoms with Gasteiger partial charge in [0.1, 0.15) is 5.76 Å². The van der Waals surface area contributed by atoms with Gasteiger partial charge < -0.3 is 19.4 Å². The number of nitrogens with zero attached hydrogens (tertiary/aromatic N) is 1. The summed E-state index contributed by atoms with van der Waals surface area (Å²) in [5.41, 5.74) is 0.218. The van der Waals surface area contributed by atoms with Gasteiger partial charge in [0.25, 0.3) is 0 Å². The number of furan rings is 1. The second-order valence-corrected chi connectivity index (χ2v) is 6.68. The van der Waals surface area contributed by atoms with E-state index in [1.165, 1.54) is 32.8 Å². The molecule has 1 N–H and O–H groups in total. The number of esters is 1. The van der Waals surface area contributed by atoms with Crippen molar-refractivity contribution >= 4 is 5.97 Å². The van der Waals surface area contributed by atoms with Crippen LogP contribution in [-0.2, 0) is 11.3 Å². The molecule has 22 heavy (non-hydrogen) atoms. The van der Waals surface area contributed by atoms with Gasteiger partial charge in [-0.05, 0) is 45.0 Å². The van der Waals surface area contributed by atoms with Crippen LogP contribution < -0.4 is 5.32 Å². The molecule has 0 aromatic carbocycles. The molecule has 2 rings (SSSR count). The largest absolute Gasteiger partial charge is 0.463 e. The van der Waals surface area contributed by atoms with Crippen LogP contribution in [0.4, 0.5) is 0 Å². The van der Waals surface area contributed by atoms with Crippen LogP contribution in [0.3, 0.4) is 0 Å². The Bertz CT molecular complexity index is 498. The summed E-state index contributed by atoms with van der Waals surface area (Å²) in [7, 11) is 5.69. The zero-order chi connectivity index (χ0) is 16.2. The maximum atomic E-state index is 11.4. The molecule has 124 valence electrons. The zero-order valence-corrected chi connectivity index (χ0v) is 14.1. The van der Waals surface area contributed by atoms with Gasteiger partial charge in [-0.3, -0.25) is 0 Å². The summed E-state index contributed by atoms with van der Waals surface area (Å²) in [5.74, 6) is 1.36. The van der Waals surface area contributed by atoms with Crippen molar-refractivity contribution in [1.29, 1.82) is 0 Å². The first-order chi connectivity index (χ1) is 10.5. The second-order valence-electron chi connectivity index (χ2n) is 6.68. The van der Waals surface area contributed by atoms with Gasteiger partial charge in [0.15, 0.2) is 0 Å². The summed E-state index contributed by atoms with van der Waals surface area (Å²) < 4.78 is 10.1. The van der Waals surface area contributed by atoms with Crippen LogP contribution in [0.25, 0.3) is 0 Å². The molecule has 0 amide bonds. The van der Waals surface area contributed by atoms with E-state index in [4.69, 9.17) is 4.42 Å². The molecule has 0 spiro atoms. The first kappa shape index (κ1) is 17.0. The predicted molar refractivity (Wildman–Crippen MR) is 85.8 cm³/mol. The van der Waals surface area contributed by atoms with Crippen LogP contribution in [-0.4, -0.2) is 44.2 Å². The maximum Gasteiger partial charge on any atom is 0.373 e. The van der Waals surface area contributed by atoms with Gasteiger partial charge in [-0.1, -0.05) is 19.8 Å². The Morgan fingerprint density at radius 2 is 2.27 bits per heavy atom. The Labute approximate surface area is 133 Å². The molecule has 0 aliphatic heterocycles. The Balaban J connectivity index is 1.90. The van der Waals surface area contributed by atoms with Crippen LogP contribution in [0.5, 0.6) is 0 Å². The first-order valence-electron chi connectivity index (χ1n) is 8.02. The molecule has 0 radical (unpaired) electrons. The number of hydrogen-bond acceptors (Lipinski definition) is 5. The SMILES string of the molecule is COC(=O)c1ccc(CNCC2(N(C)C)CCCC(C)C2)o1. The molecule has 5 nitrogen and oxygen atoms in total. The first-order valence-corrected chi connectivity index (χ1v) is 8.02. The monoisotopic (exact) mass is 308 g/mol. The van der Waals surface area contributed by atoms with Crippen molar-refractivity contribution in [3.05, 3.63) is 23.7 Å². The van der Waals surface area contributed by atoms with Crippen molar-refractivity contribution in [2.24, 2.45) is 5.92 Å². The Kier molecular flexibility index (Phi) is 5.64. The van der Waals surface area contributed by atoms with Gasteiger partial charge in [0.05, 0.1) is 13.7 Å². The summed E-state index contributed by atoms with van der Waals surface area (Å²) in [5, 5.41) is 3.50. The van der Waals surface area contributed by atoms with Crippen LogP contribution in [0.2, 0.25) is 0 Å². The second kappa shape index (κ2) is 7.29. The number of carbonyl (C=O) groups excluding carboxylic acids is 1. The van der Waals surface area contributed by atoms with Crippen molar-refractivity contribution in [3.63, 3.8) is 0 Å². The van der Waals surface area contributed by atoms with E-state index < -0.39 is 5.97 Å². The third kappa shape index (κ3) is 3.90. The van der Waals surface area contributed by atoms with E-state index in [0.717, 1.165) is 18.2 Å². The molecule has 2 unspecified atom stereocenters. The highest BCUT2D eigenvalue weighted by molar-refractivity contribution is 5.86. The average molecular weight is 308 g/mol. The number of rotatable bonds is 6. The van der Waals surface area contributed by atoms with Gasteiger partial charge in [-0.2, -0.15) is 0 Å². The lowest BCUT2D eigenvalue weighted by molar-refractivity contribution is 0.0561. The number of carbonyl (C=O) groups is 1. The molecule has 1 aromatic heterocycles. The third-order valence-corrected chi connectivity index (χ3v) is 4.82. The number of ether oxygens (including phenoxy) is 1. The molecule has 1 heterocycles. The standard InChI is InChI=1S/C17H28N2O3/c1-13-6-5-9-17(10-13,19(2)3)12-18-11-14-7-8-15(22-14)16(20)21-4/h7-8,13,18H,5-6,9-12H2,1-4H3. The van der Waals surface area contributed by atoms with Crippen molar-refractivity contribution < 1.29 is 13.9 Å². The quantitative estimate of drug-likeness (QED) is 0.819. The van der Waals surface area contributed by atoms with Crippen LogP contribution >= 0.6 is 0 Å². The topological polar surface area (TPSA) is 54.7 Å². The molecule has 1 aliphatic rings. The fraction of sp³-hybridized carbons (Fsp3) is 0.706. The summed E-state index contributed by atoms with van der Waals surface area (Å²) in [4.78, 5) is 13.7. The molecular weight excluding hydrogens is 280 g/mol. The minimum Gasteiger partial charge on any atom is -0.463 e. The van der Waals surface area contributed by atoms with E-state index in [-0.39, 0.29) is 11.3 Å². The van der Waals surface area contributed by atoms with E-state index in [1.54, 1.807) is 6.07 Å². The lowest BCUT2D eigenvalue weighted by Gasteiger charge is -2.45. The van der Waals surface area contributed by atoms with Gasteiger partial charge in [-0.15, -0.1) is 0 Å². The van der Waals surface area contributed by atoms with Gasteiger partial charge in [0.2, 0.25) is 5.76 Å². The summed E-state index contributed by atoms with van der Waals surface area (Å²) in [6.07, 6.45) is 5.06. The molecule has 1 aliphatic carbocycles. The normalized spacial score (nSPS) is 25.4. The Morgan fingerprint density at radius 3 is 2.91 bits per heavy atom. The number of likely N-dealkylation sites (N-methyl/N-ethyl adjacent to an activating group) is 1.